The van der Waals surface area contributed by atoms with Gasteiger partial charge in [-0.2, -0.15) is 12.7 Å². The molecule has 0 radical (unpaired) electrons. The molecule has 1 aromatic rings. The van der Waals surface area contributed by atoms with E-state index in [1.807, 2.05) is 12.1 Å². The third-order valence-electron chi connectivity index (χ3n) is 2.62. The number of nitrogens with one attached hydrogen (secondary N) is 1. The average Bonchev–Trinajstić information content (AvgIpc) is 2.35. The summed E-state index contributed by atoms with van der Waals surface area (Å²) in [6.07, 6.45) is 0. The highest BCUT2D eigenvalue weighted by atomic mass is 79.9. The van der Waals surface area contributed by atoms with Crippen LogP contribution in [0.3, 0.4) is 0 Å². The summed E-state index contributed by atoms with van der Waals surface area (Å²) in [6.45, 7) is 1.86. The maximum atomic E-state index is 11.6. The van der Waals surface area contributed by atoms with Crippen molar-refractivity contribution < 1.29 is 13.2 Å². The van der Waals surface area contributed by atoms with Crippen LogP contribution in [0.2, 0.25) is 0 Å². The largest absolute Gasteiger partial charge is 0.311 e. The molecule has 1 N–H and O–H groups in total. The summed E-state index contributed by atoms with van der Waals surface area (Å²) in [4.78, 5) is 13.2. The first kappa shape index (κ1) is 17.1. The number of carbonyl (C=O) groups is 1. The number of benzene rings is 1. The van der Waals surface area contributed by atoms with Crippen LogP contribution in [0.15, 0.2) is 28.7 Å². The molecule has 0 aromatic heterocycles. The van der Waals surface area contributed by atoms with Crippen molar-refractivity contribution in [3.05, 3.63) is 28.7 Å². The maximum absolute atomic E-state index is 11.6. The SMILES string of the molecule is CC(=O)N(CCNS(=O)(=O)N(C)C)c1ccc(Br)cc1. The summed E-state index contributed by atoms with van der Waals surface area (Å²) in [7, 11) is -0.582. The zero-order valence-corrected chi connectivity index (χ0v) is 14.0. The van der Waals surface area contributed by atoms with Crippen molar-refractivity contribution in [3.63, 3.8) is 0 Å². The summed E-state index contributed by atoms with van der Waals surface area (Å²) in [5, 5.41) is 0. The molecule has 6 nitrogen and oxygen atoms in total. The van der Waals surface area contributed by atoms with Crippen LogP contribution < -0.4 is 9.62 Å². The fourth-order valence-corrected chi connectivity index (χ4v) is 2.38. The van der Waals surface area contributed by atoms with E-state index in [0.29, 0.717) is 0 Å². The van der Waals surface area contributed by atoms with E-state index >= 15 is 0 Å². The molecule has 0 atom stereocenters. The van der Waals surface area contributed by atoms with Crippen LogP contribution in [0, 0.1) is 0 Å². The molecule has 1 amide bonds. The van der Waals surface area contributed by atoms with Gasteiger partial charge in [-0.15, -0.1) is 0 Å². The Morgan fingerprint density at radius 2 is 1.80 bits per heavy atom. The van der Waals surface area contributed by atoms with E-state index in [9.17, 15) is 13.2 Å². The Kier molecular flexibility index (Phi) is 6.12. The fraction of sp³-hybridized carbons (Fsp3) is 0.417. The first-order valence-corrected chi connectivity index (χ1v) is 8.18. The zero-order chi connectivity index (χ0) is 15.3. The summed E-state index contributed by atoms with van der Waals surface area (Å²) in [5.74, 6) is -0.142. The highest BCUT2D eigenvalue weighted by Gasteiger charge is 2.15. The summed E-state index contributed by atoms with van der Waals surface area (Å²) in [6, 6.07) is 7.25. The van der Waals surface area contributed by atoms with Crippen LogP contribution in [0.1, 0.15) is 6.92 Å². The van der Waals surface area contributed by atoms with E-state index < -0.39 is 10.2 Å². The van der Waals surface area contributed by atoms with Crippen LogP contribution in [0.4, 0.5) is 5.69 Å². The number of hydrogen-bond donors (Lipinski definition) is 1. The third-order valence-corrected chi connectivity index (χ3v) is 4.68. The van der Waals surface area contributed by atoms with Gasteiger partial charge in [0.05, 0.1) is 0 Å². The molecule has 1 aromatic carbocycles. The van der Waals surface area contributed by atoms with Gasteiger partial charge in [0.25, 0.3) is 10.2 Å². The minimum absolute atomic E-state index is 0.142. The highest BCUT2D eigenvalue weighted by Crippen LogP contribution is 2.18. The first-order chi connectivity index (χ1) is 9.24. The van der Waals surface area contributed by atoms with Crippen LogP contribution in [0.5, 0.6) is 0 Å². The van der Waals surface area contributed by atoms with Gasteiger partial charge in [-0.1, -0.05) is 15.9 Å². The maximum Gasteiger partial charge on any atom is 0.278 e. The molecule has 0 unspecified atom stereocenters. The van der Waals surface area contributed by atoms with Crippen molar-refractivity contribution in [3.8, 4) is 0 Å². The summed E-state index contributed by atoms with van der Waals surface area (Å²) >= 11 is 3.33. The molecule has 0 aliphatic heterocycles. The second-order valence-electron chi connectivity index (χ2n) is 4.33. The van der Waals surface area contributed by atoms with Gasteiger partial charge >= 0.3 is 0 Å². The highest BCUT2D eigenvalue weighted by molar-refractivity contribution is 9.10. The molecule has 0 aliphatic carbocycles. The molecular weight excluding hydrogens is 346 g/mol. The summed E-state index contributed by atoms with van der Waals surface area (Å²) in [5.41, 5.74) is 0.727. The number of carbonyl (C=O) groups excluding carboxylic acids is 1. The Hall–Kier alpha value is -0.960. The van der Waals surface area contributed by atoms with E-state index in [1.54, 1.807) is 12.1 Å². The standard InChI is InChI=1S/C12H18BrN3O3S/c1-10(17)16(12-6-4-11(13)5-7-12)9-8-14-20(18,19)15(2)3/h4-7,14H,8-9H2,1-3H3. The van der Waals surface area contributed by atoms with Gasteiger partial charge in [-0.05, 0) is 24.3 Å². The second-order valence-corrected chi connectivity index (χ2v) is 7.21. The molecule has 1 rings (SSSR count). The van der Waals surface area contributed by atoms with Crippen molar-refractivity contribution in [1.29, 1.82) is 0 Å². The number of hydrogen-bond acceptors (Lipinski definition) is 3. The van der Waals surface area contributed by atoms with E-state index in [1.165, 1.54) is 25.9 Å². The number of nitrogens with zero attached hydrogens (tertiary/aromatic N) is 2. The lowest BCUT2D eigenvalue weighted by Crippen LogP contribution is -2.41. The van der Waals surface area contributed by atoms with Crippen LogP contribution in [-0.2, 0) is 15.0 Å². The van der Waals surface area contributed by atoms with Crippen molar-refractivity contribution in [2.24, 2.45) is 0 Å². The van der Waals surface area contributed by atoms with Gasteiger partial charge in [0, 0.05) is 44.3 Å². The lowest BCUT2D eigenvalue weighted by atomic mass is 10.3. The molecule has 0 saturated carbocycles. The number of halogens is 1. The fourth-order valence-electron chi connectivity index (χ4n) is 1.50. The van der Waals surface area contributed by atoms with Gasteiger partial charge in [-0.25, -0.2) is 4.72 Å². The van der Waals surface area contributed by atoms with E-state index in [0.717, 1.165) is 14.5 Å². The Labute approximate surface area is 128 Å². The number of amides is 1. The summed E-state index contributed by atoms with van der Waals surface area (Å²) < 4.78 is 27.6. The Morgan fingerprint density at radius 3 is 2.25 bits per heavy atom. The minimum Gasteiger partial charge on any atom is -0.311 e. The van der Waals surface area contributed by atoms with Crippen LogP contribution >= 0.6 is 15.9 Å². The molecule has 8 heteroatoms. The van der Waals surface area contributed by atoms with E-state index in [2.05, 4.69) is 20.7 Å². The first-order valence-electron chi connectivity index (χ1n) is 5.95. The van der Waals surface area contributed by atoms with Crippen molar-refractivity contribution in [2.45, 2.75) is 6.92 Å². The molecule has 0 bridgehead atoms. The number of rotatable bonds is 6. The lowest BCUT2D eigenvalue weighted by Gasteiger charge is -2.22. The predicted molar refractivity (Wildman–Crippen MR) is 82.8 cm³/mol. The van der Waals surface area contributed by atoms with Crippen molar-refractivity contribution >= 4 is 37.7 Å². The topological polar surface area (TPSA) is 69.7 Å². The van der Waals surface area contributed by atoms with Crippen molar-refractivity contribution in [1.82, 2.24) is 9.03 Å². The molecule has 20 heavy (non-hydrogen) atoms. The van der Waals surface area contributed by atoms with Gasteiger partial charge in [-0.3, -0.25) is 4.79 Å². The molecule has 0 aliphatic rings. The molecule has 0 heterocycles. The van der Waals surface area contributed by atoms with E-state index in [-0.39, 0.29) is 19.0 Å². The van der Waals surface area contributed by atoms with Crippen molar-refractivity contribution in [2.75, 3.05) is 32.1 Å². The molecule has 112 valence electrons. The third kappa shape index (κ3) is 4.86. The quantitative estimate of drug-likeness (QED) is 0.825. The Morgan fingerprint density at radius 1 is 1.25 bits per heavy atom. The zero-order valence-electron chi connectivity index (χ0n) is 11.6. The predicted octanol–water partition coefficient (Wildman–Crippen LogP) is 1.20. The average molecular weight is 364 g/mol. The van der Waals surface area contributed by atoms with E-state index in [4.69, 9.17) is 0 Å². The smallest absolute Gasteiger partial charge is 0.278 e. The molecular formula is C12H18BrN3O3S. The molecule has 0 fully saturated rings. The van der Waals surface area contributed by atoms with Crippen LogP contribution in [0.25, 0.3) is 0 Å². The van der Waals surface area contributed by atoms with Gasteiger partial charge < -0.3 is 4.90 Å². The van der Waals surface area contributed by atoms with Crippen LogP contribution in [-0.4, -0.2) is 45.8 Å². The molecule has 0 spiro atoms. The Balaban J connectivity index is 2.70. The monoisotopic (exact) mass is 363 g/mol. The Bertz CT molecular complexity index is 558. The molecule has 0 saturated heterocycles. The van der Waals surface area contributed by atoms with Gasteiger partial charge in [0.15, 0.2) is 0 Å². The number of anilines is 1. The van der Waals surface area contributed by atoms with Gasteiger partial charge in [0.2, 0.25) is 5.91 Å². The van der Waals surface area contributed by atoms with Gasteiger partial charge in [0.1, 0.15) is 0 Å². The lowest BCUT2D eigenvalue weighted by molar-refractivity contribution is -0.116. The minimum atomic E-state index is -3.47. The normalized spacial score (nSPS) is 11.7. The second kappa shape index (κ2) is 7.16.